The summed E-state index contributed by atoms with van der Waals surface area (Å²) in [6.07, 6.45) is 56.8. The molecule has 0 saturated heterocycles. The summed E-state index contributed by atoms with van der Waals surface area (Å²) in [6.45, 7) is 9.62. The van der Waals surface area contributed by atoms with Crippen molar-refractivity contribution in [3.05, 3.63) is 0 Å². The van der Waals surface area contributed by atoms with E-state index in [0.717, 1.165) is 102 Å². The second kappa shape index (κ2) is 68.8. The Hall–Kier alpha value is -1.94. The molecule has 0 amide bonds. The molecule has 0 heterocycles. The van der Waals surface area contributed by atoms with E-state index in [-0.39, 0.29) is 25.7 Å². The topological polar surface area (TPSA) is 237 Å². The number of carbonyl (C=O) groups excluding carboxylic acids is 4. The molecule has 96 heavy (non-hydrogen) atoms. The van der Waals surface area contributed by atoms with Crippen LogP contribution in [0.3, 0.4) is 0 Å². The number of carbonyl (C=O) groups is 4. The fourth-order valence-corrected chi connectivity index (χ4v) is 13.4. The van der Waals surface area contributed by atoms with Crippen LogP contribution in [0.5, 0.6) is 0 Å². The summed E-state index contributed by atoms with van der Waals surface area (Å²) in [5.41, 5.74) is 0. The minimum absolute atomic E-state index is 0.106. The van der Waals surface area contributed by atoms with Gasteiger partial charge in [-0.1, -0.05) is 350 Å². The molecule has 0 aliphatic rings. The summed E-state index contributed by atoms with van der Waals surface area (Å²) in [6, 6.07) is 0. The summed E-state index contributed by atoms with van der Waals surface area (Å²) in [5, 5.41) is 10.6. The molecular weight excluding hydrogens is 1260 g/mol. The van der Waals surface area contributed by atoms with E-state index < -0.39 is 97.5 Å². The first-order valence-electron chi connectivity index (χ1n) is 40.0. The van der Waals surface area contributed by atoms with Crippen molar-refractivity contribution in [3.8, 4) is 0 Å². The first kappa shape index (κ1) is 94.1. The van der Waals surface area contributed by atoms with Crippen LogP contribution in [-0.4, -0.2) is 96.7 Å². The maximum Gasteiger partial charge on any atom is 0.472 e. The van der Waals surface area contributed by atoms with Crippen molar-refractivity contribution < 1.29 is 80.2 Å². The van der Waals surface area contributed by atoms with Crippen LogP contribution in [0.15, 0.2) is 0 Å². The molecule has 0 aliphatic heterocycles. The Labute approximate surface area is 588 Å². The Morgan fingerprint density at radius 1 is 0.302 bits per heavy atom. The Balaban J connectivity index is 5.24. The number of unbranched alkanes of at least 4 members (excludes halogenated alkanes) is 45. The molecule has 0 aliphatic carbocycles. The van der Waals surface area contributed by atoms with Crippen LogP contribution in [0.4, 0.5) is 0 Å². The van der Waals surface area contributed by atoms with Crippen molar-refractivity contribution in [2.45, 2.75) is 419 Å². The molecule has 0 aromatic rings. The lowest BCUT2D eigenvalue weighted by atomic mass is 9.99. The van der Waals surface area contributed by atoms with Crippen LogP contribution in [0.1, 0.15) is 401 Å². The number of aliphatic hydroxyl groups is 1. The third kappa shape index (κ3) is 69.2. The standard InChI is InChI=1S/C77H150O17P2/c1-7-10-12-14-16-18-20-21-22-23-24-25-26-27-28-37-43-49-55-61-76(81)93-73(66-88-75(80)60-54-48-42-36-32-30-34-40-46-52-58-70(6)9-3)68-92-96(85,86)90-64-71(78)63-89-95(83,84)91-67-72(65-87-74(79)59-53-47-41-35-19-17-15-13-11-8-2)94-77(82)62-56-50-44-38-31-29-33-39-45-51-57-69(4)5/h69-73,78H,7-68H2,1-6H3,(H,83,84)(H,85,86)/t70?,71-,72+,73+/m0/s1. The minimum Gasteiger partial charge on any atom is -0.462 e. The first-order valence-corrected chi connectivity index (χ1v) is 43.0. The van der Waals surface area contributed by atoms with Crippen molar-refractivity contribution in [2.75, 3.05) is 39.6 Å². The highest BCUT2D eigenvalue weighted by Crippen LogP contribution is 2.45. The summed E-state index contributed by atoms with van der Waals surface area (Å²) >= 11 is 0. The van der Waals surface area contributed by atoms with E-state index in [1.807, 2.05) is 0 Å². The molecule has 3 N–H and O–H groups in total. The second-order valence-electron chi connectivity index (χ2n) is 28.5. The average Bonchev–Trinajstić information content (AvgIpc) is 1.42. The lowest BCUT2D eigenvalue weighted by Gasteiger charge is -2.21. The molecule has 0 aromatic heterocycles. The average molecular weight is 1410 g/mol. The highest BCUT2D eigenvalue weighted by molar-refractivity contribution is 7.47. The lowest BCUT2D eigenvalue weighted by Crippen LogP contribution is -2.30. The van der Waals surface area contributed by atoms with Gasteiger partial charge in [-0.05, 0) is 37.5 Å². The fourth-order valence-electron chi connectivity index (χ4n) is 11.8. The van der Waals surface area contributed by atoms with Gasteiger partial charge in [-0.2, -0.15) is 0 Å². The van der Waals surface area contributed by atoms with Gasteiger partial charge in [0.25, 0.3) is 0 Å². The zero-order valence-electron chi connectivity index (χ0n) is 62.7. The molecule has 19 heteroatoms. The predicted molar refractivity (Wildman–Crippen MR) is 391 cm³/mol. The molecule has 17 nitrogen and oxygen atoms in total. The molecule has 0 rings (SSSR count). The molecule has 0 saturated carbocycles. The predicted octanol–water partition coefficient (Wildman–Crippen LogP) is 22.7. The molecule has 0 radical (unpaired) electrons. The zero-order chi connectivity index (χ0) is 70.7. The van der Waals surface area contributed by atoms with Crippen molar-refractivity contribution in [1.82, 2.24) is 0 Å². The molecule has 0 spiro atoms. The van der Waals surface area contributed by atoms with Crippen molar-refractivity contribution >= 4 is 39.5 Å². The number of aliphatic hydroxyl groups excluding tert-OH is 1. The van der Waals surface area contributed by atoms with E-state index in [0.29, 0.717) is 25.7 Å². The first-order chi connectivity index (χ1) is 46.4. The Morgan fingerprint density at radius 2 is 0.531 bits per heavy atom. The Morgan fingerprint density at radius 3 is 0.792 bits per heavy atom. The van der Waals surface area contributed by atoms with Gasteiger partial charge in [-0.3, -0.25) is 37.3 Å². The molecule has 6 atom stereocenters. The van der Waals surface area contributed by atoms with E-state index >= 15 is 0 Å². The molecular formula is C77H150O17P2. The number of rotatable bonds is 76. The van der Waals surface area contributed by atoms with Gasteiger partial charge in [0.05, 0.1) is 26.4 Å². The van der Waals surface area contributed by atoms with Gasteiger partial charge in [0.2, 0.25) is 0 Å². The normalized spacial score (nSPS) is 14.3. The number of phosphoric ester groups is 2. The minimum atomic E-state index is -4.96. The summed E-state index contributed by atoms with van der Waals surface area (Å²) < 4.78 is 68.6. The zero-order valence-corrected chi connectivity index (χ0v) is 64.5. The smallest absolute Gasteiger partial charge is 0.462 e. The number of hydrogen-bond donors (Lipinski definition) is 3. The van der Waals surface area contributed by atoms with Gasteiger partial charge in [0.15, 0.2) is 12.2 Å². The number of esters is 4. The van der Waals surface area contributed by atoms with Gasteiger partial charge in [-0.15, -0.1) is 0 Å². The quantitative estimate of drug-likeness (QED) is 0.0222. The third-order valence-corrected chi connectivity index (χ3v) is 20.2. The van der Waals surface area contributed by atoms with Gasteiger partial charge in [0, 0.05) is 25.7 Å². The molecule has 0 bridgehead atoms. The summed E-state index contributed by atoms with van der Waals surface area (Å²) in [5.74, 6) is -0.553. The molecule has 0 fully saturated rings. The highest BCUT2D eigenvalue weighted by Gasteiger charge is 2.30. The fraction of sp³-hybridized carbons (Fsp3) is 0.948. The van der Waals surface area contributed by atoms with E-state index in [9.17, 15) is 43.2 Å². The van der Waals surface area contributed by atoms with E-state index in [4.69, 9.17) is 37.0 Å². The van der Waals surface area contributed by atoms with Crippen molar-refractivity contribution in [2.24, 2.45) is 11.8 Å². The molecule has 570 valence electrons. The van der Waals surface area contributed by atoms with Crippen LogP contribution in [-0.2, 0) is 65.4 Å². The maximum absolute atomic E-state index is 13.1. The molecule has 0 aromatic carbocycles. The van der Waals surface area contributed by atoms with Crippen molar-refractivity contribution in [3.63, 3.8) is 0 Å². The second-order valence-corrected chi connectivity index (χ2v) is 31.4. The van der Waals surface area contributed by atoms with Crippen LogP contribution in [0.2, 0.25) is 0 Å². The van der Waals surface area contributed by atoms with Crippen molar-refractivity contribution in [1.29, 1.82) is 0 Å². The van der Waals surface area contributed by atoms with Crippen LogP contribution in [0, 0.1) is 11.8 Å². The van der Waals surface area contributed by atoms with Gasteiger partial charge in [0.1, 0.15) is 19.3 Å². The maximum atomic E-state index is 13.1. The number of phosphoric acid groups is 2. The van der Waals surface area contributed by atoms with E-state index in [1.54, 1.807) is 0 Å². The van der Waals surface area contributed by atoms with E-state index in [1.165, 1.54) is 218 Å². The molecule has 3 unspecified atom stereocenters. The van der Waals surface area contributed by atoms with Crippen LogP contribution < -0.4 is 0 Å². The number of hydrogen-bond acceptors (Lipinski definition) is 15. The van der Waals surface area contributed by atoms with Gasteiger partial charge < -0.3 is 33.8 Å². The SMILES string of the molecule is CCCCCCCCCCCCCCCCCCCCCC(=O)O[C@H](COC(=O)CCCCCCCCCCCCC(C)CC)COP(=O)(O)OC[C@@H](O)COP(=O)(O)OC[C@@H](COC(=O)CCCCCCCCCCCC)OC(=O)CCCCCCCCCCCCC(C)C. The van der Waals surface area contributed by atoms with E-state index in [2.05, 4.69) is 41.5 Å². The summed E-state index contributed by atoms with van der Waals surface area (Å²) in [7, 11) is -9.91. The van der Waals surface area contributed by atoms with Crippen LogP contribution >= 0.6 is 15.6 Å². The lowest BCUT2D eigenvalue weighted by molar-refractivity contribution is -0.161. The highest BCUT2D eigenvalue weighted by atomic mass is 31.2. The number of ether oxygens (including phenoxy) is 4. The van der Waals surface area contributed by atoms with Gasteiger partial charge >= 0.3 is 39.5 Å². The third-order valence-electron chi connectivity index (χ3n) is 18.3. The largest absolute Gasteiger partial charge is 0.472 e. The summed E-state index contributed by atoms with van der Waals surface area (Å²) in [4.78, 5) is 72.8. The van der Waals surface area contributed by atoms with Gasteiger partial charge in [-0.25, -0.2) is 9.13 Å². The Kier molecular flexibility index (Phi) is 67.4. The monoisotopic (exact) mass is 1410 g/mol. The Bertz CT molecular complexity index is 1860. The van der Waals surface area contributed by atoms with Crippen LogP contribution in [0.25, 0.3) is 0 Å².